The van der Waals surface area contributed by atoms with Crippen LogP contribution in [0.15, 0.2) is 36.5 Å². The summed E-state index contributed by atoms with van der Waals surface area (Å²) in [4.78, 5) is 12.4. The fourth-order valence-corrected chi connectivity index (χ4v) is 6.43. The summed E-state index contributed by atoms with van der Waals surface area (Å²) in [6.45, 7) is 4.25. The first kappa shape index (κ1) is 46.6. The summed E-state index contributed by atoms with van der Waals surface area (Å²) in [7, 11) is 0. The van der Waals surface area contributed by atoms with Crippen LogP contribution >= 0.6 is 0 Å². The second-order valence-electron chi connectivity index (χ2n) is 14.4. The number of rotatable bonds is 38. The average Bonchev–Trinajstić information content (AvgIpc) is 3.09. The van der Waals surface area contributed by atoms with Crippen LogP contribution in [0.4, 0.5) is 0 Å². The van der Waals surface area contributed by atoms with Gasteiger partial charge in [0.25, 0.3) is 0 Å². The Bertz CT molecular complexity index is 731. The molecule has 2 atom stereocenters. The molecule has 4 heteroatoms. The smallest absolute Gasteiger partial charge is 0.220 e. The number of amides is 1. The summed E-state index contributed by atoms with van der Waals surface area (Å²) in [5.74, 6) is -0.0414. The van der Waals surface area contributed by atoms with Crippen molar-refractivity contribution in [3.63, 3.8) is 0 Å². The number of hydrogen-bond acceptors (Lipinski definition) is 3. The van der Waals surface area contributed by atoms with Crippen LogP contribution in [0.2, 0.25) is 0 Å². The van der Waals surface area contributed by atoms with E-state index in [4.69, 9.17) is 0 Å². The van der Waals surface area contributed by atoms with Gasteiger partial charge in [-0.25, -0.2) is 0 Å². The molecular formula is C44H83NO3. The predicted molar refractivity (Wildman–Crippen MR) is 212 cm³/mol. The van der Waals surface area contributed by atoms with Crippen molar-refractivity contribution in [2.75, 3.05) is 6.61 Å². The summed E-state index contributed by atoms with van der Waals surface area (Å²) in [5, 5.41) is 23.2. The quantitative estimate of drug-likeness (QED) is 0.0451. The molecule has 0 aromatic rings. The van der Waals surface area contributed by atoms with E-state index in [1.165, 1.54) is 148 Å². The summed E-state index contributed by atoms with van der Waals surface area (Å²) < 4.78 is 0. The number of carbonyl (C=O) groups excluding carboxylic acids is 1. The molecule has 0 radical (unpaired) electrons. The van der Waals surface area contributed by atoms with Crippen LogP contribution in [-0.2, 0) is 4.79 Å². The maximum Gasteiger partial charge on any atom is 0.220 e. The Hall–Kier alpha value is -1.39. The molecule has 0 spiro atoms. The number of aliphatic hydroxyl groups is 2. The molecule has 0 bridgehead atoms. The third-order valence-corrected chi connectivity index (χ3v) is 9.67. The van der Waals surface area contributed by atoms with Gasteiger partial charge in [-0.2, -0.15) is 0 Å². The first-order valence-corrected chi connectivity index (χ1v) is 21.2. The highest BCUT2D eigenvalue weighted by Gasteiger charge is 2.19. The normalized spacial score (nSPS) is 13.3. The predicted octanol–water partition coefficient (Wildman–Crippen LogP) is 13.0. The second kappa shape index (κ2) is 40.0. The number of nitrogens with one attached hydrogen (secondary N) is 1. The monoisotopic (exact) mass is 674 g/mol. The van der Waals surface area contributed by atoms with Gasteiger partial charge in [0, 0.05) is 6.42 Å². The lowest BCUT2D eigenvalue weighted by atomic mass is 10.0. The van der Waals surface area contributed by atoms with E-state index in [0.717, 1.165) is 44.9 Å². The van der Waals surface area contributed by atoms with Crippen LogP contribution in [0.25, 0.3) is 0 Å². The van der Waals surface area contributed by atoms with Gasteiger partial charge >= 0.3 is 0 Å². The average molecular weight is 674 g/mol. The van der Waals surface area contributed by atoms with Crippen molar-refractivity contribution in [2.24, 2.45) is 0 Å². The van der Waals surface area contributed by atoms with E-state index in [1.54, 1.807) is 0 Å². The molecule has 282 valence electrons. The van der Waals surface area contributed by atoms with Gasteiger partial charge in [-0.1, -0.05) is 204 Å². The molecule has 48 heavy (non-hydrogen) atoms. The molecule has 3 N–H and O–H groups in total. The van der Waals surface area contributed by atoms with Gasteiger partial charge < -0.3 is 15.5 Å². The molecule has 0 fully saturated rings. The van der Waals surface area contributed by atoms with Gasteiger partial charge in [-0.15, -0.1) is 0 Å². The number of carbonyl (C=O) groups is 1. The van der Waals surface area contributed by atoms with Crippen molar-refractivity contribution in [2.45, 2.75) is 231 Å². The molecule has 0 aliphatic carbocycles. The molecule has 0 aliphatic heterocycles. The minimum Gasteiger partial charge on any atom is -0.394 e. The zero-order valence-electron chi connectivity index (χ0n) is 32.3. The van der Waals surface area contributed by atoms with Crippen LogP contribution in [0.3, 0.4) is 0 Å². The van der Waals surface area contributed by atoms with Crippen LogP contribution in [0.1, 0.15) is 219 Å². The Kier molecular flexibility index (Phi) is 38.9. The molecule has 2 unspecified atom stereocenters. The number of allylic oxidation sites excluding steroid dienone is 6. The third-order valence-electron chi connectivity index (χ3n) is 9.67. The molecule has 0 rings (SSSR count). The molecule has 0 aliphatic rings. The molecular weight excluding hydrogens is 590 g/mol. The molecule has 4 nitrogen and oxygen atoms in total. The van der Waals surface area contributed by atoms with Crippen LogP contribution < -0.4 is 5.32 Å². The Morgan fingerprint density at radius 3 is 1.38 bits per heavy atom. The van der Waals surface area contributed by atoms with Crippen molar-refractivity contribution >= 4 is 5.91 Å². The summed E-state index contributed by atoms with van der Waals surface area (Å²) in [6.07, 6.45) is 52.1. The lowest BCUT2D eigenvalue weighted by molar-refractivity contribution is -0.123. The third kappa shape index (κ3) is 35.9. The van der Waals surface area contributed by atoms with Gasteiger partial charge in [-0.3, -0.25) is 4.79 Å². The van der Waals surface area contributed by atoms with E-state index >= 15 is 0 Å². The van der Waals surface area contributed by atoms with E-state index in [1.807, 2.05) is 0 Å². The zero-order chi connectivity index (χ0) is 35.0. The molecule has 0 saturated heterocycles. The van der Waals surface area contributed by atoms with E-state index in [2.05, 4.69) is 55.6 Å². The number of unbranched alkanes of at least 4 members (excludes halogenated alkanes) is 25. The van der Waals surface area contributed by atoms with Crippen LogP contribution in [-0.4, -0.2) is 34.9 Å². The van der Waals surface area contributed by atoms with Gasteiger partial charge in [0.15, 0.2) is 0 Å². The molecule has 0 heterocycles. The van der Waals surface area contributed by atoms with Crippen molar-refractivity contribution in [3.05, 3.63) is 36.5 Å². The molecule has 1 amide bonds. The highest BCUT2D eigenvalue weighted by atomic mass is 16.3. The lowest BCUT2D eigenvalue weighted by Gasteiger charge is -2.22. The molecule has 0 aromatic heterocycles. The van der Waals surface area contributed by atoms with Crippen molar-refractivity contribution < 1.29 is 15.0 Å². The van der Waals surface area contributed by atoms with Gasteiger partial charge in [0.2, 0.25) is 5.91 Å². The first-order chi connectivity index (χ1) is 23.7. The largest absolute Gasteiger partial charge is 0.394 e. The first-order valence-electron chi connectivity index (χ1n) is 21.2. The Balaban J connectivity index is 3.53. The zero-order valence-corrected chi connectivity index (χ0v) is 32.3. The minimum absolute atomic E-state index is 0.0414. The second-order valence-corrected chi connectivity index (χ2v) is 14.4. The lowest BCUT2D eigenvalue weighted by Crippen LogP contribution is -2.45. The van der Waals surface area contributed by atoms with Crippen molar-refractivity contribution in [1.82, 2.24) is 5.32 Å². The SMILES string of the molecule is CC/C=C\C/C=C\C/C=C\CCCCCCCCCC(=O)NC(CO)C(O)CCCCCCCCCCCCCCCCCCCCC. The maximum absolute atomic E-state index is 12.4. The van der Waals surface area contributed by atoms with E-state index in [0.29, 0.717) is 12.8 Å². The van der Waals surface area contributed by atoms with Crippen LogP contribution in [0.5, 0.6) is 0 Å². The Morgan fingerprint density at radius 2 is 0.917 bits per heavy atom. The van der Waals surface area contributed by atoms with Crippen LogP contribution in [0, 0.1) is 0 Å². The van der Waals surface area contributed by atoms with Gasteiger partial charge in [0.05, 0.1) is 18.8 Å². The van der Waals surface area contributed by atoms with E-state index in [-0.39, 0.29) is 12.5 Å². The fourth-order valence-electron chi connectivity index (χ4n) is 6.43. The fraction of sp³-hybridized carbons (Fsp3) is 0.841. The van der Waals surface area contributed by atoms with E-state index in [9.17, 15) is 15.0 Å². The van der Waals surface area contributed by atoms with Crippen molar-refractivity contribution in [3.8, 4) is 0 Å². The number of aliphatic hydroxyl groups excluding tert-OH is 2. The Labute approximate surface area is 300 Å². The minimum atomic E-state index is -0.663. The summed E-state index contributed by atoms with van der Waals surface area (Å²) in [5.41, 5.74) is 0. The van der Waals surface area contributed by atoms with E-state index < -0.39 is 12.1 Å². The topological polar surface area (TPSA) is 69.6 Å². The van der Waals surface area contributed by atoms with Crippen molar-refractivity contribution in [1.29, 1.82) is 0 Å². The number of hydrogen-bond donors (Lipinski definition) is 3. The summed E-state index contributed by atoms with van der Waals surface area (Å²) in [6, 6.07) is -0.541. The maximum atomic E-state index is 12.4. The van der Waals surface area contributed by atoms with Gasteiger partial charge in [0.1, 0.15) is 0 Å². The summed E-state index contributed by atoms with van der Waals surface area (Å²) >= 11 is 0. The Morgan fingerprint density at radius 1 is 0.521 bits per heavy atom. The standard InChI is InChI=1S/C44H83NO3/c1-3-5-7-9-11-13-15-17-19-21-22-24-25-27-29-31-33-35-37-39-43(47)42(41-46)45-44(48)40-38-36-34-32-30-28-26-23-20-18-16-14-12-10-8-6-4-2/h6,8,12,14,18,20,42-43,46-47H,3-5,7,9-11,13,15-17,19,21-41H2,1-2H3,(H,45,48)/b8-6-,14-12-,20-18-. The molecule has 0 saturated carbocycles. The highest BCUT2D eigenvalue weighted by Crippen LogP contribution is 2.16. The highest BCUT2D eigenvalue weighted by molar-refractivity contribution is 5.76. The molecule has 0 aromatic carbocycles. The van der Waals surface area contributed by atoms with Gasteiger partial charge in [-0.05, 0) is 44.9 Å².